The molecule has 0 aliphatic rings. The van der Waals surface area contributed by atoms with E-state index in [9.17, 15) is 14.9 Å². The summed E-state index contributed by atoms with van der Waals surface area (Å²) in [5.41, 5.74) is -0.0898. The number of carbonyl (C=O) groups excluding carboxylic acids is 1. The summed E-state index contributed by atoms with van der Waals surface area (Å²) >= 11 is 0. The van der Waals surface area contributed by atoms with Crippen molar-refractivity contribution in [1.29, 1.82) is 0 Å². The highest BCUT2D eigenvalue weighted by molar-refractivity contribution is 5.58. The van der Waals surface area contributed by atoms with E-state index in [0.29, 0.717) is 6.29 Å². The molecule has 0 saturated heterocycles. The monoisotopic (exact) mass is 205 g/mol. The first-order valence-electron chi connectivity index (χ1n) is 4.05. The molecule has 0 aliphatic heterocycles. The van der Waals surface area contributed by atoms with Crippen molar-refractivity contribution in [3.05, 3.63) is 33.9 Å². The second-order valence-electron chi connectivity index (χ2n) is 2.63. The smallest absolute Gasteiger partial charge is 0.288 e. The lowest BCUT2D eigenvalue weighted by atomic mass is 10.1. The van der Waals surface area contributed by atoms with Crippen molar-refractivity contribution in [2.75, 3.05) is 0 Å². The van der Waals surface area contributed by atoms with E-state index in [-0.39, 0.29) is 23.4 Å². The van der Waals surface area contributed by atoms with Crippen molar-refractivity contribution in [3.8, 4) is 17.6 Å². The molecule has 5 heteroatoms. The minimum Gasteiger partial charge on any atom is -0.508 e. The van der Waals surface area contributed by atoms with Crippen LogP contribution in [-0.4, -0.2) is 16.3 Å². The van der Waals surface area contributed by atoms with Gasteiger partial charge in [-0.05, 0) is 12.1 Å². The highest BCUT2D eigenvalue weighted by Crippen LogP contribution is 2.22. The molecule has 0 atom stereocenters. The van der Waals surface area contributed by atoms with E-state index in [1.54, 1.807) is 0 Å². The normalized spacial score (nSPS) is 8.80. The molecule has 0 amide bonds. The van der Waals surface area contributed by atoms with E-state index >= 15 is 0 Å². The van der Waals surface area contributed by atoms with Gasteiger partial charge in [-0.25, -0.2) is 0 Å². The second-order valence-corrected chi connectivity index (χ2v) is 2.63. The van der Waals surface area contributed by atoms with E-state index in [0.717, 1.165) is 6.07 Å². The number of hydrogen-bond acceptors (Lipinski definition) is 4. The van der Waals surface area contributed by atoms with Crippen LogP contribution in [0.1, 0.15) is 12.0 Å². The fourth-order valence-electron chi connectivity index (χ4n) is 0.965. The van der Waals surface area contributed by atoms with Gasteiger partial charge in [-0.3, -0.25) is 10.1 Å². The molecule has 0 aromatic heterocycles. The number of aldehydes is 1. The van der Waals surface area contributed by atoms with Crippen molar-refractivity contribution >= 4 is 12.0 Å². The van der Waals surface area contributed by atoms with Crippen molar-refractivity contribution in [1.82, 2.24) is 0 Å². The van der Waals surface area contributed by atoms with Crippen LogP contribution in [0.3, 0.4) is 0 Å². The Bertz CT molecular complexity index is 456. The van der Waals surface area contributed by atoms with Crippen LogP contribution in [0.15, 0.2) is 18.2 Å². The minimum atomic E-state index is -0.634. The number of nitro groups is 1. The number of aromatic hydroxyl groups is 1. The zero-order chi connectivity index (χ0) is 11.3. The van der Waals surface area contributed by atoms with Crippen LogP contribution in [-0.2, 0) is 4.79 Å². The van der Waals surface area contributed by atoms with Gasteiger partial charge in [-0.2, -0.15) is 0 Å². The van der Waals surface area contributed by atoms with E-state index in [2.05, 4.69) is 11.8 Å². The highest BCUT2D eigenvalue weighted by atomic mass is 16.6. The van der Waals surface area contributed by atoms with Crippen LogP contribution in [0.4, 0.5) is 5.69 Å². The third-order valence-corrected chi connectivity index (χ3v) is 1.59. The molecule has 0 heterocycles. The molecule has 1 N–H and O–H groups in total. The number of nitrogens with zero attached hydrogens (tertiary/aromatic N) is 1. The topological polar surface area (TPSA) is 80.4 Å². The molecule has 0 aliphatic carbocycles. The molecule has 0 fully saturated rings. The molecular formula is C10H7NO4. The maximum Gasteiger partial charge on any atom is 0.288 e. The number of nitro benzene ring substituents is 1. The van der Waals surface area contributed by atoms with Gasteiger partial charge in [0.15, 0.2) is 0 Å². The molecule has 0 unspecified atom stereocenters. The lowest BCUT2D eigenvalue weighted by Crippen LogP contribution is -1.91. The lowest BCUT2D eigenvalue weighted by Gasteiger charge is -1.95. The first-order chi connectivity index (χ1) is 7.15. The zero-order valence-corrected chi connectivity index (χ0v) is 7.64. The van der Waals surface area contributed by atoms with Crippen LogP contribution in [0.25, 0.3) is 0 Å². The van der Waals surface area contributed by atoms with Crippen LogP contribution in [0.2, 0.25) is 0 Å². The molecule has 0 radical (unpaired) electrons. The standard InChI is InChI=1S/C10H7NO4/c12-6-2-1-3-8-4-5-9(13)7-10(8)11(14)15/h4-7,13H,2H2. The van der Waals surface area contributed by atoms with Gasteiger partial charge >= 0.3 is 0 Å². The molecule has 15 heavy (non-hydrogen) atoms. The summed E-state index contributed by atoms with van der Waals surface area (Å²) in [6.45, 7) is 0. The SMILES string of the molecule is O=CCC#Cc1ccc(O)cc1[N+](=O)[O-]. The van der Waals surface area contributed by atoms with Gasteiger partial charge in [-0.1, -0.05) is 11.8 Å². The van der Waals surface area contributed by atoms with Gasteiger partial charge in [0.2, 0.25) is 0 Å². The van der Waals surface area contributed by atoms with Crippen molar-refractivity contribution in [3.63, 3.8) is 0 Å². The molecule has 5 nitrogen and oxygen atoms in total. The number of phenols is 1. The molecule has 1 aromatic rings. The number of hydrogen-bond donors (Lipinski definition) is 1. The van der Waals surface area contributed by atoms with E-state index in [1.165, 1.54) is 12.1 Å². The molecule has 0 bridgehead atoms. The summed E-state index contributed by atoms with van der Waals surface area (Å²) in [4.78, 5) is 19.9. The molecular weight excluding hydrogens is 198 g/mol. The van der Waals surface area contributed by atoms with E-state index in [1.807, 2.05) is 0 Å². The Kier molecular flexibility index (Phi) is 3.41. The van der Waals surface area contributed by atoms with Gasteiger partial charge in [0.05, 0.1) is 17.4 Å². The van der Waals surface area contributed by atoms with Crippen LogP contribution in [0.5, 0.6) is 5.75 Å². The fourth-order valence-corrected chi connectivity index (χ4v) is 0.965. The van der Waals surface area contributed by atoms with Crippen LogP contribution in [0, 0.1) is 22.0 Å². The minimum absolute atomic E-state index is 0.0258. The first kappa shape index (κ1) is 10.7. The number of rotatable bonds is 2. The second kappa shape index (κ2) is 4.77. The van der Waals surface area contributed by atoms with Gasteiger partial charge in [0.25, 0.3) is 5.69 Å². The Morgan fingerprint density at radius 1 is 1.53 bits per heavy atom. The Balaban J connectivity index is 3.13. The predicted molar refractivity (Wildman–Crippen MR) is 52.3 cm³/mol. The van der Waals surface area contributed by atoms with Gasteiger partial charge in [-0.15, -0.1) is 0 Å². The fraction of sp³-hybridized carbons (Fsp3) is 0.100. The molecule has 1 aromatic carbocycles. The Morgan fingerprint density at radius 3 is 2.87 bits per heavy atom. The quantitative estimate of drug-likeness (QED) is 0.341. The van der Waals surface area contributed by atoms with Gasteiger partial charge in [0, 0.05) is 0 Å². The lowest BCUT2D eigenvalue weighted by molar-refractivity contribution is -0.385. The average molecular weight is 205 g/mol. The summed E-state index contributed by atoms with van der Waals surface area (Å²) < 4.78 is 0. The van der Waals surface area contributed by atoms with Crippen molar-refractivity contribution in [2.24, 2.45) is 0 Å². The van der Waals surface area contributed by atoms with E-state index in [4.69, 9.17) is 5.11 Å². The summed E-state index contributed by atoms with van der Waals surface area (Å²) in [6.07, 6.45) is 0.636. The Labute approximate surface area is 85.5 Å². The van der Waals surface area contributed by atoms with Crippen LogP contribution < -0.4 is 0 Å². The molecule has 0 saturated carbocycles. The van der Waals surface area contributed by atoms with E-state index < -0.39 is 4.92 Å². The van der Waals surface area contributed by atoms with Crippen LogP contribution >= 0.6 is 0 Å². The molecule has 76 valence electrons. The van der Waals surface area contributed by atoms with Crippen molar-refractivity contribution < 1.29 is 14.8 Å². The Morgan fingerprint density at radius 2 is 2.27 bits per heavy atom. The predicted octanol–water partition coefficient (Wildman–Crippen LogP) is 1.24. The molecule has 1 rings (SSSR count). The zero-order valence-electron chi connectivity index (χ0n) is 7.64. The highest BCUT2D eigenvalue weighted by Gasteiger charge is 2.12. The largest absolute Gasteiger partial charge is 0.508 e. The Hall–Kier alpha value is -2.35. The summed E-state index contributed by atoms with van der Waals surface area (Å²) in [7, 11) is 0. The molecule has 0 spiro atoms. The first-order valence-corrected chi connectivity index (χ1v) is 4.05. The van der Waals surface area contributed by atoms with Crippen molar-refractivity contribution in [2.45, 2.75) is 6.42 Å². The maximum atomic E-state index is 10.6. The third kappa shape index (κ3) is 2.81. The number of carbonyl (C=O) groups is 1. The summed E-state index contributed by atoms with van der Waals surface area (Å²) in [5, 5.41) is 19.6. The summed E-state index contributed by atoms with van der Waals surface area (Å²) in [6, 6.07) is 3.66. The summed E-state index contributed by atoms with van der Waals surface area (Å²) in [5.74, 6) is 4.76. The third-order valence-electron chi connectivity index (χ3n) is 1.59. The number of benzene rings is 1. The van der Waals surface area contributed by atoms with Gasteiger partial charge in [0.1, 0.15) is 17.6 Å². The maximum absolute atomic E-state index is 10.6. The van der Waals surface area contributed by atoms with Gasteiger partial charge < -0.3 is 9.90 Å². The average Bonchev–Trinajstić information content (AvgIpc) is 2.20. The number of phenolic OH excluding ortho intramolecular Hbond substituents is 1.